The molecule has 1 atom stereocenters. The van der Waals surface area contributed by atoms with E-state index in [1.807, 2.05) is 12.1 Å². The minimum atomic E-state index is -0.0402. The van der Waals surface area contributed by atoms with Crippen molar-refractivity contribution in [3.63, 3.8) is 0 Å². The van der Waals surface area contributed by atoms with E-state index in [0.717, 1.165) is 58.3 Å². The number of thiophene rings is 1. The van der Waals surface area contributed by atoms with Gasteiger partial charge in [-0.1, -0.05) is 0 Å². The van der Waals surface area contributed by atoms with Gasteiger partial charge in [0, 0.05) is 22.2 Å². The number of fused-ring (bicyclic) bond motifs is 4. The molecule has 1 amide bonds. The van der Waals surface area contributed by atoms with Gasteiger partial charge in [-0.25, -0.2) is 15.0 Å². The number of rotatable bonds is 4. The van der Waals surface area contributed by atoms with Crippen LogP contribution in [0, 0.1) is 5.92 Å². The van der Waals surface area contributed by atoms with Gasteiger partial charge in [0.25, 0.3) is 0 Å². The molecule has 4 aromatic rings. The molecule has 3 aromatic heterocycles. The molecule has 1 aliphatic heterocycles. The van der Waals surface area contributed by atoms with Gasteiger partial charge in [-0.3, -0.25) is 14.7 Å². The largest absolute Gasteiger partial charge is 0.494 e. The predicted octanol–water partition coefficient (Wildman–Crippen LogP) is 3.59. The normalized spacial score (nSPS) is 18.3. The Balaban J connectivity index is 1.35. The maximum Gasteiger partial charge on any atom is 0.249 e. The number of aromatic nitrogens is 4. The highest BCUT2D eigenvalue weighted by atomic mass is 32.1. The lowest BCUT2D eigenvalue weighted by Crippen LogP contribution is -2.35. The third-order valence-electron chi connectivity index (χ3n) is 6.21. The fourth-order valence-corrected chi connectivity index (χ4v) is 5.87. The molecule has 0 spiro atoms. The number of ether oxygens (including phenoxy) is 1. The first-order valence-electron chi connectivity index (χ1n) is 10.7. The molecule has 1 saturated heterocycles. The Labute approximate surface area is 187 Å². The van der Waals surface area contributed by atoms with E-state index in [2.05, 4.69) is 25.5 Å². The molecule has 0 unspecified atom stereocenters. The Kier molecular flexibility index (Phi) is 4.69. The number of nitrogens with one attached hydrogen (secondary N) is 2. The first-order chi connectivity index (χ1) is 15.7. The average molecular weight is 451 g/mol. The van der Waals surface area contributed by atoms with Crippen LogP contribution in [0.25, 0.3) is 21.1 Å². The summed E-state index contributed by atoms with van der Waals surface area (Å²) in [4.78, 5) is 29.5. The van der Waals surface area contributed by atoms with Crippen molar-refractivity contribution in [1.29, 1.82) is 0 Å². The average Bonchev–Trinajstić information content (AvgIpc) is 3.56. The molecule has 0 saturated carbocycles. The summed E-state index contributed by atoms with van der Waals surface area (Å²) in [7, 11) is 1.64. The molecule has 1 aliphatic carbocycles. The number of benzene rings is 1. The number of methoxy groups -OCH3 is 1. The molecule has 4 heterocycles. The molecule has 0 bridgehead atoms. The van der Waals surface area contributed by atoms with Crippen molar-refractivity contribution in [2.45, 2.75) is 25.7 Å². The maximum absolute atomic E-state index is 12.8. The van der Waals surface area contributed by atoms with Crippen molar-refractivity contribution >= 4 is 49.9 Å². The second-order valence-electron chi connectivity index (χ2n) is 8.11. The van der Waals surface area contributed by atoms with Gasteiger partial charge in [-0.05, 0) is 37.3 Å². The smallest absolute Gasteiger partial charge is 0.249 e. The second kappa shape index (κ2) is 7.72. The van der Waals surface area contributed by atoms with Crippen LogP contribution in [0.5, 0.6) is 5.75 Å². The van der Waals surface area contributed by atoms with E-state index >= 15 is 0 Å². The Morgan fingerprint density at radius 3 is 3.16 bits per heavy atom. The van der Waals surface area contributed by atoms with Gasteiger partial charge < -0.3 is 10.1 Å². The van der Waals surface area contributed by atoms with Crippen molar-refractivity contribution in [3.05, 3.63) is 35.1 Å². The second-order valence-corrected chi connectivity index (χ2v) is 9.19. The van der Waals surface area contributed by atoms with Crippen molar-refractivity contribution in [1.82, 2.24) is 25.2 Å². The lowest BCUT2D eigenvalue weighted by Gasteiger charge is -2.25. The highest BCUT2D eigenvalue weighted by Crippen LogP contribution is 2.42. The zero-order valence-electron chi connectivity index (χ0n) is 17.6. The van der Waals surface area contributed by atoms with Crippen molar-refractivity contribution in [2.24, 2.45) is 5.92 Å². The Bertz CT molecular complexity index is 1330. The highest BCUT2D eigenvalue weighted by molar-refractivity contribution is 7.19. The molecule has 9 nitrogen and oxygen atoms in total. The summed E-state index contributed by atoms with van der Waals surface area (Å²) in [5.74, 6) is 1.52. The number of carbonyl (C=O) groups excluding carboxylic acids is 1. The summed E-state index contributed by atoms with van der Waals surface area (Å²) < 4.78 is 5.59. The number of aryl methyl sites for hydroxylation is 1. The summed E-state index contributed by atoms with van der Waals surface area (Å²) in [6.45, 7) is 1.32. The number of carbonyl (C=O) groups is 1. The predicted molar refractivity (Wildman–Crippen MR) is 121 cm³/mol. The minimum Gasteiger partial charge on any atom is -0.494 e. The summed E-state index contributed by atoms with van der Waals surface area (Å²) in [6.07, 6.45) is 6.61. The van der Waals surface area contributed by atoms with Crippen LogP contribution < -0.4 is 10.1 Å². The molecule has 2 N–H and O–H groups in total. The van der Waals surface area contributed by atoms with Gasteiger partial charge in [0.1, 0.15) is 22.7 Å². The number of aromatic amines is 1. The summed E-state index contributed by atoms with van der Waals surface area (Å²) in [5, 5.41) is 14.1. The third kappa shape index (κ3) is 3.18. The van der Waals surface area contributed by atoms with Gasteiger partial charge in [0.2, 0.25) is 5.91 Å². The lowest BCUT2D eigenvalue weighted by molar-refractivity contribution is -0.173. The number of hydrogen-bond acceptors (Lipinski definition) is 8. The van der Waals surface area contributed by atoms with Crippen LogP contribution in [-0.2, 0) is 22.5 Å². The van der Waals surface area contributed by atoms with Crippen molar-refractivity contribution in [3.8, 4) is 5.75 Å². The molecule has 1 aromatic carbocycles. The first-order valence-corrected chi connectivity index (χ1v) is 11.5. The molecule has 1 fully saturated rings. The van der Waals surface area contributed by atoms with Gasteiger partial charge in [-0.2, -0.15) is 5.10 Å². The molecule has 6 rings (SSSR count). The molecule has 10 heteroatoms. The molecular formula is C22H22N6O3S. The van der Waals surface area contributed by atoms with Crippen LogP contribution in [0.1, 0.15) is 23.3 Å². The van der Waals surface area contributed by atoms with Gasteiger partial charge >= 0.3 is 0 Å². The number of nitrogens with zero attached hydrogens (tertiary/aromatic N) is 4. The first kappa shape index (κ1) is 19.4. The quantitative estimate of drug-likeness (QED) is 0.489. The van der Waals surface area contributed by atoms with Crippen LogP contribution in [-0.4, -0.2) is 51.4 Å². The summed E-state index contributed by atoms with van der Waals surface area (Å²) in [5.41, 5.74) is 2.96. The Hall–Kier alpha value is -3.24. The zero-order valence-corrected chi connectivity index (χ0v) is 18.4. The van der Waals surface area contributed by atoms with Crippen molar-refractivity contribution in [2.75, 3.05) is 25.6 Å². The summed E-state index contributed by atoms with van der Waals surface area (Å²) >= 11 is 1.65. The van der Waals surface area contributed by atoms with E-state index in [-0.39, 0.29) is 11.8 Å². The molecule has 164 valence electrons. The monoisotopic (exact) mass is 450 g/mol. The van der Waals surface area contributed by atoms with E-state index < -0.39 is 0 Å². The summed E-state index contributed by atoms with van der Waals surface area (Å²) in [6, 6.07) is 3.91. The van der Waals surface area contributed by atoms with E-state index in [1.54, 1.807) is 36.0 Å². The molecule has 0 radical (unpaired) electrons. The molecular weight excluding hydrogens is 428 g/mol. The van der Waals surface area contributed by atoms with Crippen LogP contribution in [0.2, 0.25) is 0 Å². The number of hydrogen-bond donors (Lipinski definition) is 2. The van der Waals surface area contributed by atoms with Gasteiger partial charge in [-0.15, -0.1) is 11.3 Å². The van der Waals surface area contributed by atoms with E-state index in [9.17, 15) is 4.79 Å². The van der Waals surface area contributed by atoms with E-state index in [4.69, 9.17) is 9.57 Å². The van der Waals surface area contributed by atoms with Crippen LogP contribution in [0.15, 0.2) is 24.7 Å². The number of hydroxylamine groups is 2. The van der Waals surface area contributed by atoms with E-state index in [0.29, 0.717) is 18.9 Å². The lowest BCUT2D eigenvalue weighted by atomic mass is 9.87. The number of amides is 1. The Morgan fingerprint density at radius 2 is 2.31 bits per heavy atom. The fraction of sp³-hybridized carbons (Fsp3) is 0.364. The van der Waals surface area contributed by atoms with Gasteiger partial charge in [0.15, 0.2) is 0 Å². The maximum atomic E-state index is 12.8. The molecule has 32 heavy (non-hydrogen) atoms. The SMILES string of the molecule is COc1cc2[nH]ncc2cc1Nc1ncnc2sc3c(c12)CC[C@H](C(=O)N1CCCO1)C3. The number of H-pyrrole nitrogens is 1. The van der Waals surface area contributed by atoms with E-state index in [1.165, 1.54) is 10.4 Å². The minimum absolute atomic E-state index is 0.0402. The van der Waals surface area contributed by atoms with Gasteiger partial charge in [0.05, 0.1) is 43.0 Å². The topological polar surface area (TPSA) is 105 Å². The zero-order chi connectivity index (χ0) is 21.7. The third-order valence-corrected chi connectivity index (χ3v) is 7.37. The molecule has 2 aliphatic rings. The Morgan fingerprint density at radius 1 is 1.38 bits per heavy atom. The van der Waals surface area contributed by atoms with Crippen LogP contribution in [0.3, 0.4) is 0 Å². The number of anilines is 2. The van der Waals surface area contributed by atoms with Crippen molar-refractivity contribution < 1.29 is 14.4 Å². The van der Waals surface area contributed by atoms with Crippen LogP contribution in [0.4, 0.5) is 11.5 Å². The highest BCUT2D eigenvalue weighted by Gasteiger charge is 2.33. The van der Waals surface area contributed by atoms with Crippen LogP contribution >= 0.6 is 11.3 Å². The fourth-order valence-electron chi connectivity index (χ4n) is 4.61. The standard InChI is InChI=1S/C22H22N6O3S/c1-30-17-9-15-13(10-25-27-15)7-16(17)26-20-19-14-4-3-12(22(29)28-5-2-6-31-28)8-18(14)32-21(19)24-11-23-20/h7,9-12H,2-6,8H2,1H3,(H,25,27)(H,23,24,26)/t12-/m0/s1.